The fourth-order valence-corrected chi connectivity index (χ4v) is 2.95. The van der Waals surface area contributed by atoms with Crippen LogP contribution in [0.1, 0.15) is 20.7 Å². The molecule has 27 heavy (non-hydrogen) atoms. The van der Waals surface area contributed by atoms with Gasteiger partial charge < -0.3 is 19.0 Å². The van der Waals surface area contributed by atoms with Gasteiger partial charge in [-0.2, -0.15) is 4.73 Å². The predicted molar refractivity (Wildman–Crippen MR) is 99.1 cm³/mol. The van der Waals surface area contributed by atoms with Crippen LogP contribution in [0.5, 0.6) is 5.75 Å². The number of hydrogen-bond donors (Lipinski definition) is 0. The maximum Gasteiger partial charge on any atom is 0.338 e. The van der Waals surface area contributed by atoms with E-state index in [1.807, 2.05) is 30.3 Å². The van der Waals surface area contributed by atoms with Gasteiger partial charge in [0.25, 0.3) is 0 Å². The fourth-order valence-electron chi connectivity index (χ4n) is 2.95. The summed E-state index contributed by atoms with van der Waals surface area (Å²) in [5, 5.41) is 0.718. The number of hydrogen-bond acceptors (Lipinski definition) is 6. The third kappa shape index (κ3) is 3.19. The first-order valence-corrected chi connectivity index (χ1v) is 8.09. The molecule has 3 aromatic rings. The highest BCUT2D eigenvalue weighted by atomic mass is 16.6. The van der Waals surface area contributed by atoms with Gasteiger partial charge in [-0.1, -0.05) is 0 Å². The maximum atomic E-state index is 12.2. The standard InChI is InChI=1S/C20H19NO6/c1-24-14-7-5-12(6-8-14)17-10-13-9-15(19(22)25-2)16(20(23)26-3)11-18(13)21(17)27-4/h5-11H,1-4H3. The zero-order valence-electron chi connectivity index (χ0n) is 15.4. The average Bonchev–Trinajstić information content (AvgIpc) is 3.09. The highest BCUT2D eigenvalue weighted by Gasteiger charge is 2.22. The minimum Gasteiger partial charge on any atom is -0.497 e. The maximum absolute atomic E-state index is 12.2. The molecule has 2 aromatic carbocycles. The van der Waals surface area contributed by atoms with E-state index in [0.717, 1.165) is 22.4 Å². The first kappa shape index (κ1) is 18.3. The van der Waals surface area contributed by atoms with Gasteiger partial charge in [-0.25, -0.2) is 9.59 Å². The summed E-state index contributed by atoms with van der Waals surface area (Å²) >= 11 is 0. The van der Waals surface area contributed by atoms with E-state index < -0.39 is 11.9 Å². The lowest BCUT2D eigenvalue weighted by Gasteiger charge is -2.11. The highest BCUT2D eigenvalue weighted by Crippen LogP contribution is 2.31. The van der Waals surface area contributed by atoms with E-state index in [0.29, 0.717) is 5.52 Å². The molecular weight excluding hydrogens is 350 g/mol. The molecule has 140 valence electrons. The summed E-state index contributed by atoms with van der Waals surface area (Å²) in [5.41, 5.74) is 2.50. The second-order valence-corrected chi connectivity index (χ2v) is 5.67. The molecule has 0 amide bonds. The first-order chi connectivity index (χ1) is 13.0. The van der Waals surface area contributed by atoms with Crippen molar-refractivity contribution in [2.75, 3.05) is 28.4 Å². The number of methoxy groups -OCH3 is 3. The minimum atomic E-state index is -0.632. The molecule has 0 radical (unpaired) electrons. The van der Waals surface area contributed by atoms with Crippen LogP contribution in [0.4, 0.5) is 0 Å². The molecule has 0 spiro atoms. The summed E-state index contributed by atoms with van der Waals surface area (Å²) in [6, 6.07) is 12.5. The highest BCUT2D eigenvalue weighted by molar-refractivity contribution is 6.07. The van der Waals surface area contributed by atoms with Crippen molar-refractivity contribution >= 4 is 22.8 Å². The van der Waals surface area contributed by atoms with Gasteiger partial charge >= 0.3 is 11.9 Å². The Bertz CT molecular complexity index is 1000. The topological polar surface area (TPSA) is 76.0 Å². The Hall–Kier alpha value is -3.48. The quantitative estimate of drug-likeness (QED) is 0.644. The Morgan fingerprint density at radius 1 is 0.815 bits per heavy atom. The van der Waals surface area contributed by atoms with Crippen molar-refractivity contribution in [3.05, 3.63) is 53.6 Å². The Labute approximate surface area is 156 Å². The summed E-state index contributed by atoms with van der Waals surface area (Å²) in [5.74, 6) is -0.514. The lowest BCUT2D eigenvalue weighted by molar-refractivity contribution is 0.0555. The predicted octanol–water partition coefficient (Wildman–Crippen LogP) is 2.95. The second-order valence-electron chi connectivity index (χ2n) is 5.67. The van der Waals surface area contributed by atoms with Gasteiger partial charge in [0.05, 0.1) is 43.7 Å². The van der Waals surface area contributed by atoms with E-state index >= 15 is 0 Å². The van der Waals surface area contributed by atoms with E-state index in [-0.39, 0.29) is 11.1 Å². The molecule has 0 saturated heterocycles. The van der Waals surface area contributed by atoms with Crippen molar-refractivity contribution in [3.8, 4) is 17.0 Å². The molecule has 1 heterocycles. The Morgan fingerprint density at radius 3 is 1.93 bits per heavy atom. The average molecular weight is 369 g/mol. The van der Waals surface area contributed by atoms with Crippen molar-refractivity contribution in [2.45, 2.75) is 0 Å². The van der Waals surface area contributed by atoms with Gasteiger partial charge in [-0.15, -0.1) is 0 Å². The first-order valence-electron chi connectivity index (χ1n) is 8.09. The molecule has 0 aliphatic carbocycles. The Balaban J connectivity index is 2.25. The molecule has 3 rings (SSSR count). The van der Waals surface area contributed by atoms with Crippen LogP contribution in [-0.2, 0) is 9.47 Å². The van der Waals surface area contributed by atoms with Gasteiger partial charge in [0, 0.05) is 10.9 Å². The van der Waals surface area contributed by atoms with Crippen LogP contribution in [0, 0.1) is 0 Å². The molecule has 0 saturated carbocycles. The van der Waals surface area contributed by atoms with Crippen LogP contribution in [0.15, 0.2) is 42.5 Å². The molecular formula is C20H19NO6. The van der Waals surface area contributed by atoms with Crippen LogP contribution < -0.4 is 9.57 Å². The van der Waals surface area contributed by atoms with Gasteiger partial charge in [-0.05, 0) is 42.5 Å². The molecule has 7 heteroatoms. The molecule has 7 nitrogen and oxygen atoms in total. The fraction of sp³-hybridized carbons (Fsp3) is 0.200. The normalized spacial score (nSPS) is 10.5. The number of carbonyl (C=O) groups excluding carboxylic acids is 2. The number of rotatable bonds is 5. The summed E-state index contributed by atoms with van der Waals surface area (Å²) in [6.07, 6.45) is 0. The number of nitrogens with zero attached hydrogens (tertiary/aromatic N) is 1. The smallest absolute Gasteiger partial charge is 0.338 e. The number of aromatic nitrogens is 1. The van der Waals surface area contributed by atoms with E-state index in [2.05, 4.69) is 0 Å². The molecule has 0 aliphatic rings. The number of ether oxygens (including phenoxy) is 3. The van der Waals surface area contributed by atoms with Crippen LogP contribution in [0.3, 0.4) is 0 Å². The van der Waals surface area contributed by atoms with Crippen molar-refractivity contribution in [2.24, 2.45) is 0 Å². The summed E-state index contributed by atoms with van der Waals surface area (Å²) < 4.78 is 16.4. The SMILES string of the molecule is COC(=O)c1cc2cc(-c3ccc(OC)cc3)n(OC)c2cc1C(=O)OC. The second kappa shape index (κ2) is 7.41. The number of carbonyl (C=O) groups is 2. The summed E-state index contributed by atoms with van der Waals surface area (Å²) in [6.45, 7) is 0. The van der Waals surface area contributed by atoms with Crippen LogP contribution in [-0.4, -0.2) is 45.1 Å². The molecule has 0 atom stereocenters. The number of benzene rings is 2. The lowest BCUT2D eigenvalue weighted by atomic mass is 10.0. The van der Waals surface area contributed by atoms with Crippen LogP contribution in [0.25, 0.3) is 22.2 Å². The third-order valence-electron chi connectivity index (χ3n) is 4.28. The largest absolute Gasteiger partial charge is 0.497 e. The van der Waals surface area contributed by atoms with E-state index in [9.17, 15) is 9.59 Å². The molecule has 0 bridgehead atoms. The van der Waals surface area contributed by atoms with Crippen LogP contribution in [0.2, 0.25) is 0 Å². The van der Waals surface area contributed by atoms with Crippen molar-refractivity contribution in [1.82, 2.24) is 4.73 Å². The third-order valence-corrected chi connectivity index (χ3v) is 4.28. The Morgan fingerprint density at radius 2 is 1.41 bits per heavy atom. The van der Waals surface area contributed by atoms with E-state index in [1.165, 1.54) is 21.3 Å². The van der Waals surface area contributed by atoms with Crippen molar-refractivity contribution < 1.29 is 28.6 Å². The molecule has 0 aliphatic heterocycles. The molecule has 0 fully saturated rings. The zero-order chi connectivity index (χ0) is 19.6. The number of esters is 2. The minimum absolute atomic E-state index is 0.106. The summed E-state index contributed by atoms with van der Waals surface area (Å²) in [7, 11) is 5.64. The lowest BCUT2D eigenvalue weighted by Crippen LogP contribution is -2.13. The van der Waals surface area contributed by atoms with Gasteiger partial charge in [-0.3, -0.25) is 0 Å². The Kier molecular flexibility index (Phi) is 5.03. The van der Waals surface area contributed by atoms with Gasteiger partial charge in [0.2, 0.25) is 0 Å². The van der Waals surface area contributed by atoms with Crippen molar-refractivity contribution in [1.29, 1.82) is 0 Å². The zero-order valence-corrected chi connectivity index (χ0v) is 15.4. The van der Waals surface area contributed by atoms with E-state index in [4.69, 9.17) is 19.0 Å². The van der Waals surface area contributed by atoms with E-state index in [1.54, 1.807) is 24.0 Å². The molecule has 1 aromatic heterocycles. The van der Waals surface area contributed by atoms with Crippen molar-refractivity contribution in [3.63, 3.8) is 0 Å². The van der Waals surface area contributed by atoms with Crippen LogP contribution >= 0.6 is 0 Å². The van der Waals surface area contributed by atoms with Gasteiger partial charge in [0.15, 0.2) is 0 Å². The molecule has 0 unspecified atom stereocenters. The van der Waals surface area contributed by atoms with Gasteiger partial charge in [0.1, 0.15) is 12.9 Å². The monoisotopic (exact) mass is 369 g/mol. The summed E-state index contributed by atoms with van der Waals surface area (Å²) in [4.78, 5) is 29.8. The number of fused-ring (bicyclic) bond motifs is 1. The molecule has 0 N–H and O–H groups in total.